The van der Waals surface area contributed by atoms with Crippen molar-refractivity contribution in [2.45, 2.75) is 36.7 Å². The van der Waals surface area contributed by atoms with E-state index in [1.807, 2.05) is 0 Å². The first kappa shape index (κ1) is 15.3. The molecule has 3 heterocycles. The van der Waals surface area contributed by atoms with Crippen LogP contribution < -0.4 is 0 Å². The maximum atomic E-state index is 12.7. The van der Waals surface area contributed by atoms with Crippen LogP contribution in [0, 0.1) is 5.92 Å². The number of thiophene rings is 1. The maximum absolute atomic E-state index is 12.7. The van der Waals surface area contributed by atoms with E-state index in [9.17, 15) is 8.42 Å². The Morgan fingerprint density at radius 2 is 2.22 bits per heavy atom. The molecular weight excluding hydrogens is 336 g/mol. The molecule has 1 fully saturated rings. The van der Waals surface area contributed by atoms with Gasteiger partial charge in [0.05, 0.1) is 25.4 Å². The Bertz CT molecular complexity index is 781. The second kappa shape index (κ2) is 5.97. The average molecular weight is 354 g/mol. The molecule has 0 atom stereocenters. The lowest BCUT2D eigenvalue weighted by molar-refractivity contribution is 0.107. The van der Waals surface area contributed by atoms with Crippen molar-refractivity contribution in [1.29, 1.82) is 0 Å². The first-order valence-corrected chi connectivity index (χ1v) is 9.99. The third kappa shape index (κ3) is 3.06. The molecule has 23 heavy (non-hydrogen) atoms. The van der Waals surface area contributed by atoms with Gasteiger partial charge in [-0.1, -0.05) is 11.3 Å². The molecule has 0 bridgehead atoms. The van der Waals surface area contributed by atoms with Crippen LogP contribution in [0.1, 0.15) is 24.2 Å². The average Bonchev–Trinajstić information content (AvgIpc) is 3.04. The van der Waals surface area contributed by atoms with Crippen LogP contribution >= 0.6 is 11.3 Å². The predicted octanol–water partition coefficient (Wildman–Crippen LogP) is 1.47. The highest BCUT2D eigenvalue weighted by Crippen LogP contribution is 2.29. The molecule has 0 spiro atoms. The van der Waals surface area contributed by atoms with Crippen molar-refractivity contribution < 1.29 is 13.2 Å². The fraction of sp³-hybridized carbons (Fsp3) is 0.571. The first-order chi connectivity index (χ1) is 11.1. The SMILES string of the molecule is O=S(=O)(c1cccs1)N1CCn2nnc(COCC3CC3)c2C1. The highest BCUT2D eigenvalue weighted by atomic mass is 32.2. The summed E-state index contributed by atoms with van der Waals surface area (Å²) in [6.45, 7) is 2.39. The van der Waals surface area contributed by atoms with Crippen molar-refractivity contribution in [3.05, 3.63) is 28.9 Å². The van der Waals surface area contributed by atoms with Crippen LogP contribution in [0.15, 0.2) is 21.7 Å². The van der Waals surface area contributed by atoms with Gasteiger partial charge in [-0.05, 0) is 30.2 Å². The number of nitrogens with zero attached hydrogens (tertiary/aromatic N) is 4. The van der Waals surface area contributed by atoms with E-state index in [1.165, 1.54) is 28.5 Å². The van der Waals surface area contributed by atoms with Gasteiger partial charge in [-0.2, -0.15) is 4.31 Å². The maximum Gasteiger partial charge on any atom is 0.252 e. The Balaban J connectivity index is 1.50. The van der Waals surface area contributed by atoms with Gasteiger partial charge in [0.25, 0.3) is 10.0 Å². The van der Waals surface area contributed by atoms with Crippen LogP contribution in [0.2, 0.25) is 0 Å². The molecule has 9 heteroatoms. The van der Waals surface area contributed by atoms with Crippen molar-refractivity contribution in [3.63, 3.8) is 0 Å². The lowest BCUT2D eigenvalue weighted by Gasteiger charge is -2.26. The van der Waals surface area contributed by atoms with E-state index in [0.29, 0.717) is 36.4 Å². The van der Waals surface area contributed by atoms with Gasteiger partial charge in [-0.3, -0.25) is 0 Å². The molecule has 0 aromatic carbocycles. The standard InChI is InChI=1S/C14H18N4O3S2/c19-23(20,14-2-1-7-22-14)17-5-6-18-13(8-17)12(15-16-18)10-21-9-11-3-4-11/h1-2,7,11H,3-6,8-10H2. The molecule has 0 unspecified atom stereocenters. The minimum Gasteiger partial charge on any atom is -0.375 e. The zero-order valence-electron chi connectivity index (χ0n) is 12.6. The van der Waals surface area contributed by atoms with Crippen LogP contribution in [0.5, 0.6) is 0 Å². The molecule has 1 aliphatic heterocycles. The van der Waals surface area contributed by atoms with Crippen LogP contribution in [-0.2, 0) is 34.5 Å². The topological polar surface area (TPSA) is 77.3 Å². The van der Waals surface area contributed by atoms with E-state index < -0.39 is 10.0 Å². The summed E-state index contributed by atoms with van der Waals surface area (Å²) >= 11 is 1.24. The fourth-order valence-electron chi connectivity index (χ4n) is 2.64. The van der Waals surface area contributed by atoms with Crippen molar-refractivity contribution in [3.8, 4) is 0 Å². The lowest BCUT2D eigenvalue weighted by Crippen LogP contribution is -2.38. The van der Waals surface area contributed by atoms with Gasteiger partial charge in [0.2, 0.25) is 0 Å². The van der Waals surface area contributed by atoms with Crippen LogP contribution in [0.25, 0.3) is 0 Å². The third-order valence-corrected chi connectivity index (χ3v) is 7.40. The molecular formula is C14H18N4O3S2. The number of ether oxygens (including phenoxy) is 1. The Morgan fingerprint density at radius 1 is 1.35 bits per heavy atom. The third-order valence-electron chi connectivity index (χ3n) is 4.18. The molecule has 7 nitrogen and oxygen atoms in total. The molecule has 0 amide bonds. The zero-order chi connectivity index (χ0) is 15.9. The summed E-state index contributed by atoms with van der Waals surface area (Å²) < 4.78 is 34.7. The van der Waals surface area contributed by atoms with Gasteiger partial charge in [0, 0.05) is 13.2 Å². The van der Waals surface area contributed by atoms with E-state index in [4.69, 9.17) is 4.74 Å². The summed E-state index contributed by atoms with van der Waals surface area (Å²) in [7, 11) is -3.44. The molecule has 2 aliphatic rings. The summed E-state index contributed by atoms with van der Waals surface area (Å²) in [6, 6.07) is 3.40. The molecule has 0 radical (unpaired) electrons. The van der Waals surface area contributed by atoms with Crippen molar-refractivity contribution in [1.82, 2.24) is 19.3 Å². The largest absolute Gasteiger partial charge is 0.375 e. The second-order valence-corrected chi connectivity index (χ2v) is 9.05. The Kier molecular flexibility index (Phi) is 3.96. The molecule has 0 saturated heterocycles. The number of fused-ring (bicyclic) bond motifs is 1. The van der Waals surface area contributed by atoms with Crippen LogP contribution in [0.3, 0.4) is 0 Å². The van der Waals surface area contributed by atoms with Gasteiger partial charge >= 0.3 is 0 Å². The smallest absolute Gasteiger partial charge is 0.252 e. The number of sulfonamides is 1. The van der Waals surface area contributed by atoms with Gasteiger partial charge in [-0.25, -0.2) is 13.1 Å². The number of hydrogen-bond donors (Lipinski definition) is 0. The van der Waals surface area contributed by atoms with Gasteiger partial charge in [0.1, 0.15) is 9.90 Å². The molecule has 2 aromatic heterocycles. The normalized spacial score (nSPS) is 19.0. The molecule has 124 valence electrons. The summed E-state index contributed by atoms with van der Waals surface area (Å²) in [6.07, 6.45) is 2.48. The summed E-state index contributed by atoms with van der Waals surface area (Å²) in [4.78, 5) is 0. The van der Waals surface area contributed by atoms with E-state index in [0.717, 1.165) is 18.0 Å². The van der Waals surface area contributed by atoms with E-state index in [2.05, 4.69) is 10.3 Å². The predicted molar refractivity (Wildman–Crippen MR) is 84.3 cm³/mol. The highest BCUT2D eigenvalue weighted by molar-refractivity contribution is 7.91. The van der Waals surface area contributed by atoms with Gasteiger partial charge in [-0.15, -0.1) is 16.4 Å². The van der Waals surface area contributed by atoms with Crippen molar-refractivity contribution in [2.24, 2.45) is 5.92 Å². The van der Waals surface area contributed by atoms with E-state index >= 15 is 0 Å². The first-order valence-electron chi connectivity index (χ1n) is 7.67. The fourth-order valence-corrected chi connectivity index (χ4v) is 5.17. The van der Waals surface area contributed by atoms with Crippen LogP contribution in [0.4, 0.5) is 0 Å². The van der Waals surface area contributed by atoms with Crippen molar-refractivity contribution in [2.75, 3.05) is 13.2 Å². The number of aromatic nitrogens is 3. The Morgan fingerprint density at radius 3 is 2.96 bits per heavy atom. The molecule has 1 saturated carbocycles. The Labute approximate surface area is 138 Å². The summed E-state index contributed by atoms with van der Waals surface area (Å²) in [5.41, 5.74) is 1.59. The zero-order valence-corrected chi connectivity index (χ0v) is 14.2. The second-order valence-electron chi connectivity index (χ2n) is 5.94. The van der Waals surface area contributed by atoms with E-state index in [1.54, 1.807) is 22.2 Å². The molecule has 2 aromatic rings. The van der Waals surface area contributed by atoms with Crippen molar-refractivity contribution >= 4 is 21.4 Å². The monoisotopic (exact) mass is 354 g/mol. The summed E-state index contributed by atoms with van der Waals surface area (Å²) in [5, 5.41) is 10.1. The van der Waals surface area contributed by atoms with E-state index in [-0.39, 0.29) is 0 Å². The lowest BCUT2D eigenvalue weighted by atomic mass is 10.3. The number of hydrogen-bond acceptors (Lipinski definition) is 6. The highest BCUT2D eigenvalue weighted by Gasteiger charge is 2.31. The molecule has 4 rings (SSSR count). The summed E-state index contributed by atoms with van der Waals surface area (Å²) in [5.74, 6) is 0.692. The quantitative estimate of drug-likeness (QED) is 0.785. The van der Waals surface area contributed by atoms with Gasteiger partial charge < -0.3 is 4.74 Å². The minimum atomic E-state index is -3.44. The minimum absolute atomic E-state index is 0.301. The Hall–Kier alpha value is -1.29. The molecule has 1 aliphatic carbocycles. The molecule has 0 N–H and O–H groups in total. The van der Waals surface area contributed by atoms with Crippen LogP contribution in [-0.4, -0.2) is 40.9 Å². The number of rotatable bonds is 6. The van der Waals surface area contributed by atoms with Gasteiger partial charge in [0.15, 0.2) is 0 Å².